The second-order valence-corrected chi connectivity index (χ2v) is 5.20. The van der Waals surface area contributed by atoms with Crippen LogP contribution in [0.5, 0.6) is 0 Å². The molecule has 1 saturated heterocycles. The molecule has 1 aromatic rings. The van der Waals surface area contributed by atoms with Gasteiger partial charge in [0.25, 0.3) is 0 Å². The first-order valence-electron chi connectivity index (χ1n) is 5.67. The lowest BCUT2D eigenvalue weighted by Gasteiger charge is -2.31. The number of carbonyl (C=O) groups is 1. The van der Waals surface area contributed by atoms with E-state index in [4.69, 9.17) is 0 Å². The van der Waals surface area contributed by atoms with Gasteiger partial charge in [-0.15, -0.1) is 0 Å². The lowest BCUT2D eigenvalue weighted by Crippen LogP contribution is -2.39. The van der Waals surface area contributed by atoms with Gasteiger partial charge >= 0.3 is 0 Å². The number of alkyl halides is 1. The predicted octanol–water partition coefficient (Wildman–Crippen LogP) is 2.86. The molecule has 0 aromatic heterocycles. The molecule has 2 rings (SSSR count). The Morgan fingerprint density at radius 3 is 2.75 bits per heavy atom. The molecule has 1 heterocycles. The van der Waals surface area contributed by atoms with Crippen molar-refractivity contribution in [3.05, 3.63) is 35.9 Å². The standard InChI is InChI=1S/C13H16INO/c14-8-12-6-7-13(16)15(10-12)9-11-4-2-1-3-5-11/h1-5,12H,6-10H2/t12-/m1/s1. The van der Waals surface area contributed by atoms with Crippen molar-refractivity contribution in [1.29, 1.82) is 0 Å². The Bertz CT molecular complexity index is 352. The molecule has 0 radical (unpaired) electrons. The fraction of sp³-hybridized carbons (Fsp3) is 0.462. The predicted molar refractivity (Wildman–Crippen MR) is 73.5 cm³/mol. The molecule has 1 atom stereocenters. The first-order chi connectivity index (χ1) is 7.79. The van der Waals surface area contributed by atoms with Crippen LogP contribution in [0.15, 0.2) is 30.3 Å². The minimum Gasteiger partial charge on any atom is -0.338 e. The summed E-state index contributed by atoms with van der Waals surface area (Å²) in [6.07, 6.45) is 1.79. The van der Waals surface area contributed by atoms with Gasteiger partial charge in [-0.3, -0.25) is 4.79 Å². The molecular weight excluding hydrogens is 313 g/mol. The van der Waals surface area contributed by atoms with E-state index in [1.54, 1.807) is 0 Å². The highest BCUT2D eigenvalue weighted by molar-refractivity contribution is 14.1. The molecule has 1 fully saturated rings. The monoisotopic (exact) mass is 329 g/mol. The maximum Gasteiger partial charge on any atom is 0.222 e. The number of carbonyl (C=O) groups excluding carboxylic acids is 1. The normalized spacial score (nSPS) is 21.2. The Balaban J connectivity index is 2.00. The van der Waals surface area contributed by atoms with Crippen LogP contribution < -0.4 is 0 Å². The van der Waals surface area contributed by atoms with Gasteiger partial charge in [0.1, 0.15) is 0 Å². The highest BCUT2D eigenvalue weighted by atomic mass is 127. The summed E-state index contributed by atoms with van der Waals surface area (Å²) in [5, 5.41) is 0. The average molecular weight is 329 g/mol. The van der Waals surface area contributed by atoms with Gasteiger partial charge in [-0.2, -0.15) is 0 Å². The van der Waals surface area contributed by atoms with Crippen LogP contribution in [0.1, 0.15) is 18.4 Å². The largest absolute Gasteiger partial charge is 0.338 e. The fourth-order valence-electron chi connectivity index (χ4n) is 2.07. The second kappa shape index (κ2) is 5.66. The summed E-state index contributed by atoms with van der Waals surface area (Å²) in [6, 6.07) is 10.2. The van der Waals surface area contributed by atoms with Crippen LogP contribution in [-0.4, -0.2) is 21.8 Å². The highest BCUT2D eigenvalue weighted by Crippen LogP contribution is 2.21. The van der Waals surface area contributed by atoms with Crippen molar-refractivity contribution < 1.29 is 4.79 Å². The molecule has 1 aliphatic heterocycles. The molecular formula is C13H16INO. The van der Waals surface area contributed by atoms with Gasteiger partial charge in [0.2, 0.25) is 5.91 Å². The first-order valence-corrected chi connectivity index (χ1v) is 7.20. The zero-order valence-corrected chi connectivity index (χ0v) is 11.4. The van der Waals surface area contributed by atoms with Gasteiger partial charge in [-0.1, -0.05) is 52.9 Å². The lowest BCUT2D eigenvalue weighted by molar-refractivity contribution is -0.135. The average Bonchev–Trinajstić information content (AvgIpc) is 2.33. The smallest absolute Gasteiger partial charge is 0.222 e. The molecule has 0 spiro atoms. The van der Waals surface area contributed by atoms with Gasteiger partial charge < -0.3 is 4.90 Å². The van der Waals surface area contributed by atoms with E-state index in [2.05, 4.69) is 34.7 Å². The van der Waals surface area contributed by atoms with Crippen LogP contribution in [0.25, 0.3) is 0 Å². The summed E-state index contributed by atoms with van der Waals surface area (Å²) in [5.41, 5.74) is 1.23. The number of amides is 1. The summed E-state index contributed by atoms with van der Waals surface area (Å²) in [7, 11) is 0. The van der Waals surface area contributed by atoms with E-state index in [1.165, 1.54) is 5.56 Å². The lowest BCUT2D eigenvalue weighted by atomic mass is 9.99. The SMILES string of the molecule is O=C1CC[C@H](CI)CN1Cc1ccccc1. The molecule has 1 aliphatic rings. The number of nitrogens with zero attached hydrogens (tertiary/aromatic N) is 1. The summed E-state index contributed by atoms with van der Waals surface area (Å²) < 4.78 is 1.15. The number of likely N-dealkylation sites (tertiary alicyclic amines) is 1. The third-order valence-corrected chi connectivity index (χ3v) is 4.28. The van der Waals surface area contributed by atoms with Crippen LogP contribution >= 0.6 is 22.6 Å². The molecule has 0 unspecified atom stereocenters. The number of rotatable bonds is 3. The van der Waals surface area contributed by atoms with Gasteiger partial charge in [0, 0.05) is 23.9 Å². The van der Waals surface area contributed by atoms with Gasteiger partial charge in [-0.05, 0) is 17.9 Å². The van der Waals surface area contributed by atoms with Gasteiger partial charge in [0.05, 0.1) is 0 Å². The number of hydrogen-bond acceptors (Lipinski definition) is 1. The van der Waals surface area contributed by atoms with E-state index < -0.39 is 0 Å². The van der Waals surface area contributed by atoms with E-state index in [0.717, 1.165) is 30.4 Å². The summed E-state index contributed by atoms with van der Waals surface area (Å²) in [6.45, 7) is 1.70. The third kappa shape index (κ3) is 2.97. The van der Waals surface area contributed by atoms with Crippen molar-refractivity contribution in [3.8, 4) is 0 Å². The molecule has 1 amide bonds. The topological polar surface area (TPSA) is 20.3 Å². The Hall–Kier alpha value is -0.580. The van der Waals surface area contributed by atoms with Crippen LogP contribution in [0.2, 0.25) is 0 Å². The number of halogens is 1. The van der Waals surface area contributed by atoms with Crippen LogP contribution in [0.3, 0.4) is 0 Å². The molecule has 2 nitrogen and oxygen atoms in total. The summed E-state index contributed by atoms with van der Waals surface area (Å²) >= 11 is 2.42. The minimum atomic E-state index is 0.310. The van der Waals surface area contributed by atoms with Crippen molar-refractivity contribution in [2.24, 2.45) is 5.92 Å². The number of piperidine rings is 1. The van der Waals surface area contributed by atoms with Gasteiger partial charge in [0.15, 0.2) is 0 Å². The Morgan fingerprint density at radius 1 is 1.31 bits per heavy atom. The Labute approximate surface area is 110 Å². The molecule has 3 heteroatoms. The van der Waals surface area contributed by atoms with Crippen LogP contribution in [-0.2, 0) is 11.3 Å². The van der Waals surface area contributed by atoms with E-state index in [-0.39, 0.29) is 0 Å². The third-order valence-electron chi connectivity index (χ3n) is 3.03. The van der Waals surface area contributed by atoms with E-state index in [1.807, 2.05) is 23.1 Å². The molecule has 0 saturated carbocycles. The quantitative estimate of drug-likeness (QED) is 0.617. The Morgan fingerprint density at radius 2 is 2.06 bits per heavy atom. The molecule has 1 aromatic carbocycles. The summed E-state index contributed by atoms with van der Waals surface area (Å²) in [4.78, 5) is 13.8. The summed E-state index contributed by atoms with van der Waals surface area (Å²) in [5.74, 6) is 0.993. The zero-order valence-electron chi connectivity index (χ0n) is 9.23. The zero-order chi connectivity index (χ0) is 11.4. The molecule has 0 aliphatic carbocycles. The molecule has 86 valence electrons. The number of hydrogen-bond donors (Lipinski definition) is 0. The molecule has 0 bridgehead atoms. The number of benzene rings is 1. The van der Waals surface area contributed by atoms with Crippen molar-refractivity contribution in [2.45, 2.75) is 19.4 Å². The maximum atomic E-state index is 11.8. The van der Waals surface area contributed by atoms with Crippen LogP contribution in [0.4, 0.5) is 0 Å². The van der Waals surface area contributed by atoms with E-state index in [9.17, 15) is 4.79 Å². The van der Waals surface area contributed by atoms with Gasteiger partial charge in [-0.25, -0.2) is 0 Å². The fourth-order valence-corrected chi connectivity index (χ4v) is 2.79. The minimum absolute atomic E-state index is 0.310. The van der Waals surface area contributed by atoms with Crippen molar-refractivity contribution in [3.63, 3.8) is 0 Å². The van der Waals surface area contributed by atoms with E-state index in [0.29, 0.717) is 11.8 Å². The maximum absolute atomic E-state index is 11.8. The molecule has 16 heavy (non-hydrogen) atoms. The van der Waals surface area contributed by atoms with Crippen LogP contribution in [0, 0.1) is 5.92 Å². The van der Waals surface area contributed by atoms with Crippen molar-refractivity contribution in [1.82, 2.24) is 4.90 Å². The second-order valence-electron chi connectivity index (χ2n) is 4.32. The van der Waals surface area contributed by atoms with E-state index >= 15 is 0 Å². The molecule has 0 N–H and O–H groups in total. The van der Waals surface area contributed by atoms with Crippen molar-refractivity contribution in [2.75, 3.05) is 11.0 Å². The van der Waals surface area contributed by atoms with Crippen molar-refractivity contribution >= 4 is 28.5 Å². The first kappa shape index (κ1) is 11.9. The highest BCUT2D eigenvalue weighted by Gasteiger charge is 2.24. The Kier molecular flexibility index (Phi) is 4.21.